The molecule has 1 heterocycles. The number of benzene rings is 2. The molecule has 3 aliphatic rings. The fourth-order valence-electron chi connectivity index (χ4n) is 5.41. The first-order valence-electron chi connectivity index (χ1n) is 10.9. The molecule has 4 nitrogen and oxygen atoms in total. The number of aryl methyl sites for hydroxylation is 1. The zero-order valence-corrected chi connectivity index (χ0v) is 18.2. The van der Waals surface area contributed by atoms with Crippen LogP contribution in [-0.2, 0) is 30.7 Å². The molecule has 30 heavy (non-hydrogen) atoms. The number of nitrogens with zero attached hydrogens (tertiary/aromatic N) is 1. The molecule has 2 fully saturated rings. The van der Waals surface area contributed by atoms with E-state index in [2.05, 4.69) is 36.1 Å². The molecule has 2 aromatic rings. The minimum Gasteiger partial charge on any atom is -0.489 e. The summed E-state index contributed by atoms with van der Waals surface area (Å²) in [5.74, 6) is 0.275. The van der Waals surface area contributed by atoms with Gasteiger partial charge in [-0.2, -0.15) is 0 Å². The normalized spacial score (nSPS) is 20.6. The summed E-state index contributed by atoms with van der Waals surface area (Å²) in [5, 5.41) is 10.2. The number of hydrogen-bond donors (Lipinski definition) is 1. The van der Waals surface area contributed by atoms with Crippen LogP contribution in [0, 0.1) is 10.8 Å². The van der Waals surface area contributed by atoms with E-state index in [4.69, 9.17) is 16.3 Å². The van der Waals surface area contributed by atoms with Crippen LogP contribution in [0.3, 0.4) is 0 Å². The van der Waals surface area contributed by atoms with Crippen molar-refractivity contribution in [2.24, 2.45) is 10.8 Å². The summed E-state index contributed by atoms with van der Waals surface area (Å²) in [7, 11) is 0. The number of fused-ring (bicyclic) bond motifs is 1. The van der Waals surface area contributed by atoms with Gasteiger partial charge in [0.2, 0.25) is 0 Å². The SMILES string of the molecule is CCc1cccc(Cl)c1COc1ccc2c(c1)CC1(C2)CN(CC2(C(=O)O)CC2)C1. The molecule has 2 aliphatic carbocycles. The van der Waals surface area contributed by atoms with Crippen molar-refractivity contribution in [2.75, 3.05) is 19.6 Å². The van der Waals surface area contributed by atoms with Crippen LogP contribution in [0.2, 0.25) is 5.02 Å². The summed E-state index contributed by atoms with van der Waals surface area (Å²) in [6, 6.07) is 12.5. The molecule has 5 rings (SSSR count). The molecule has 2 aromatic carbocycles. The molecule has 0 unspecified atom stereocenters. The predicted molar refractivity (Wildman–Crippen MR) is 117 cm³/mol. The van der Waals surface area contributed by atoms with Crippen molar-refractivity contribution in [2.45, 2.75) is 45.6 Å². The first-order valence-corrected chi connectivity index (χ1v) is 11.3. The van der Waals surface area contributed by atoms with E-state index in [9.17, 15) is 9.90 Å². The Morgan fingerprint density at radius 1 is 1.17 bits per heavy atom. The molecular weight excluding hydrogens is 398 g/mol. The number of carbonyl (C=O) groups is 1. The molecule has 1 saturated carbocycles. The lowest BCUT2D eigenvalue weighted by Gasteiger charge is -2.49. The number of halogens is 1. The minimum absolute atomic E-state index is 0.285. The van der Waals surface area contributed by atoms with Gasteiger partial charge in [0, 0.05) is 35.6 Å². The molecule has 158 valence electrons. The average Bonchev–Trinajstić information content (AvgIpc) is 3.38. The van der Waals surface area contributed by atoms with Crippen molar-refractivity contribution in [3.63, 3.8) is 0 Å². The van der Waals surface area contributed by atoms with Crippen molar-refractivity contribution in [3.8, 4) is 5.75 Å². The molecule has 0 radical (unpaired) electrons. The maximum atomic E-state index is 11.5. The number of likely N-dealkylation sites (tertiary alicyclic amines) is 1. The first kappa shape index (κ1) is 19.9. The predicted octanol–water partition coefficient (Wildman–Crippen LogP) is 4.75. The van der Waals surface area contributed by atoms with Gasteiger partial charge < -0.3 is 14.7 Å². The van der Waals surface area contributed by atoms with E-state index in [0.29, 0.717) is 13.2 Å². The van der Waals surface area contributed by atoms with Crippen molar-refractivity contribution in [3.05, 3.63) is 63.7 Å². The Morgan fingerprint density at radius 2 is 1.93 bits per heavy atom. The zero-order valence-electron chi connectivity index (χ0n) is 17.4. The zero-order chi connectivity index (χ0) is 20.9. The van der Waals surface area contributed by atoms with E-state index >= 15 is 0 Å². The van der Waals surface area contributed by atoms with E-state index in [0.717, 1.165) is 61.5 Å². The Kier molecular flexibility index (Phi) is 4.83. The second kappa shape index (κ2) is 7.28. The highest BCUT2D eigenvalue weighted by molar-refractivity contribution is 6.31. The summed E-state index contributed by atoms with van der Waals surface area (Å²) in [4.78, 5) is 13.8. The number of carboxylic acids is 1. The van der Waals surface area contributed by atoms with E-state index < -0.39 is 11.4 Å². The Morgan fingerprint density at radius 3 is 2.63 bits per heavy atom. The van der Waals surface area contributed by atoms with E-state index in [-0.39, 0.29) is 5.41 Å². The molecule has 1 aliphatic heterocycles. The fourth-order valence-corrected chi connectivity index (χ4v) is 5.66. The van der Waals surface area contributed by atoms with Gasteiger partial charge in [-0.1, -0.05) is 36.7 Å². The first-order chi connectivity index (χ1) is 14.4. The third-order valence-electron chi connectivity index (χ3n) is 7.24. The Hall–Kier alpha value is -2.04. The van der Waals surface area contributed by atoms with Gasteiger partial charge in [-0.15, -0.1) is 0 Å². The Balaban J connectivity index is 1.21. The average molecular weight is 426 g/mol. The standard InChI is InChI=1S/C25H28ClNO3/c1-2-17-4-3-5-22(26)21(17)13-30-20-7-6-18-11-24(12-19(18)10-20)14-27(15-24)16-25(8-9-25)23(28)29/h3-7,10H,2,8-9,11-16H2,1H3,(H,28,29). The second-order valence-electron chi connectivity index (χ2n) is 9.53. The van der Waals surface area contributed by atoms with Crippen LogP contribution in [0.4, 0.5) is 0 Å². The monoisotopic (exact) mass is 425 g/mol. The maximum absolute atomic E-state index is 11.5. The van der Waals surface area contributed by atoms with Crippen LogP contribution >= 0.6 is 11.6 Å². The second-order valence-corrected chi connectivity index (χ2v) is 9.94. The lowest BCUT2D eigenvalue weighted by molar-refractivity contribution is -0.145. The number of ether oxygens (including phenoxy) is 1. The van der Waals surface area contributed by atoms with Gasteiger partial charge in [0.15, 0.2) is 0 Å². The van der Waals surface area contributed by atoms with Gasteiger partial charge in [-0.25, -0.2) is 0 Å². The summed E-state index contributed by atoms with van der Waals surface area (Å²) >= 11 is 6.39. The maximum Gasteiger partial charge on any atom is 0.310 e. The highest BCUT2D eigenvalue weighted by atomic mass is 35.5. The van der Waals surface area contributed by atoms with Crippen LogP contribution in [0.25, 0.3) is 0 Å². The van der Waals surface area contributed by atoms with E-state index in [1.807, 2.05) is 12.1 Å². The Bertz CT molecular complexity index is 992. The summed E-state index contributed by atoms with van der Waals surface area (Å²) in [5.41, 5.74) is 4.92. The molecule has 1 N–H and O–H groups in total. The highest BCUT2D eigenvalue weighted by Crippen LogP contribution is 2.51. The molecular formula is C25H28ClNO3. The molecule has 1 saturated heterocycles. The molecule has 0 aromatic heterocycles. The van der Waals surface area contributed by atoms with Crippen molar-refractivity contribution < 1.29 is 14.6 Å². The van der Waals surface area contributed by atoms with Crippen LogP contribution in [-0.4, -0.2) is 35.6 Å². The van der Waals surface area contributed by atoms with E-state index in [1.54, 1.807) is 0 Å². The van der Waals surface area contributed by atoms with Gasteiger partial charge in [0.25, 0.3) is 0 Å². The van der Waals surface area contributed by atoms with Crippen LogP contribution in [0.5, 0.6) is 5.75 Å². The molecule has 0 bridgehead atoms. The summed E-state index contributed by atoms with van der Waals surface area (Å²) < 4.78 is 6.12. The van der Waals surface area contributed by atoms with Gasteiger partial charge in [-0.3, -0.25) is 4.79 Å². The third-order valence-corrected chi connectivity index (χ3v) is 7.59. The number of hydrogen-bond acceptors (Lipinski definition) is 3. The fraction of sp³-hybridized carbons (Fsp3) is 0.480. The molecule has 0 amide bonds. The van der Waals surface area contributed by atoms with Gasteiger partial charge in [-0.05, 0) is 67.0 Å². The van der Waals surface area contributed by atoms with Crippen LogP contribution < -0.4 is 4.74 Å². The summed E-state index contributed by atoms with van der Waals surface area (Å²) in [6.45, 7) is 5.34. The molecule has 5 heteroatoms. The largest absolute Gasteiger partial charge is 0.489 e. The van der Waals surface area contributed by atoms with Crippen LogP contribution in [0.1, 0.15) is 42.0 Å². The van der Waals surface area contributed by atoms with Crippen molar-refractivity contribution in [1.29, 1.82) is 0 Å². The lowest BCUT2D eigenvalue weighted by atomic mass is 9.76. The summed E-state index contributed by atoms with van der Waals surface area (Å²) in [6.07, 6.45) is 4.74. The smallest absolute Gasteiger partial charge is 0.310 e. The van der Waals surface area contributed by atoms with Gasteiger partial charge in [0.1, 0.15) is 12.4 Å². The lowest BCUT2D eigenvalue weighted by Crippen LogP contribution is -2.58. The number of aliphatic carboxylic acids is 1. The van der Waals surface area contributed by atoms with Gasteiger partial charge in [0.05, 0.1) is 5.41 Å². The van der Waals surface area contributed by atoms with Crippen molar-refractivity contribution in [1.82, 2.24) is 4.90 Å². The van der Waals surface area contributed by atoms with Crippen LogP contribution in [0.15, 0.2) is 36.4 Å². The van der Waals surface area contributed by atoms with Gasteiger partial charge >= 0.3 is 5.97 Å². The molecule has 0 atom stereocenters. The van der Waals surface area contributed by atoms with E-state index in [1.165, 1.54) is 16.7 Å². The highest BCUT2D eigenvalue weighted by Gasteiger charge is 2.55. The quantitative estimate of drug-likeness (QED) is 0.695. The molecule has 1 spiro atoms. The number of rotatable bonds is 7. The minimum atomic E-state index is -0.621. The third kappa shape index (κ3) is 3.50. The topological polar surface area (TPSA) is 49.8 Å². The van der Waals surface area contributed by atoms with Crippen molar-refractivity contribution >= 4 is 17.6 Å². The Labute approximate surface area is 182 Å². The number of carboxylic acid groups (broad SMARTS) is 1.